The Balaban J connectivity index is 1.45. The van der Waals surface area contributed by atoms with Crippen LogP contribution in [0.5, 0.6) is 5.75 Å². The summed E-state index contributed by atoms with van der Waals surface area (Å²) in [6.45, 7) is 7.94. The van der Waals surface area contributed by atoms with E-state index in [9.17, 15) is 19.5 Å². The summed E-state index contributed by atoms with van der Waals surface area (Å²) in [7, 11) is 0. The van der Waals surface area contributed by atoms with E-state index >= 15 is 0 Å². The number of ether oxygens (including phenoxy) is 1. The maximum Gasteiger partial charge on any atom is 0.408 e. The Labute approximate surface area is 231 Å². The van der Waals surface area contributed by atoms with Crippen molar-refractivity contribution in [2.75, 3.05) is 26.2 Å². The van der Waals surface area contributed by atoms with Crippen LogP contribution in [-0.4, -0.2) is 87.6 Å². The summed E-state index contributed by atoms with van der Waals surface area (Å²) >= 11 is 0. The van der Waals surface area contributed by atoms with Crippen molar-refractivity contribution in [1.29, 1.82) is 0 Å². The van der Waals surface area contributed by atoms with Crippen molar-refractivity contribution in [2.24, 2.45) is 5.92 Å². The smallest absolute Gasteiger partial charge is 0.408 e. The highest BCUT2D eigenvalue weighted by Crippen LogP contribution is 2.36. The molecule has 4 atom stereocenters. The number of para-hydroxylation sites is 1. The van der Waals surface area contributed by atoms with Gasteiger partial charge in [-0.2, -0.15) is 0 Å². The SMILES string of the molecule is CC(C)(C)N(C(=O)O)[C@H](C(=O)N1C[C@@H]2CCCN2C[C@H]1C(=O)N[C@@H]1CCOc2ccccc21)C1CCCCC1. The van der Waals surface area contributed by atoms with Crippen LogP contribution in [0, 0.1) is 5.92 Å². The molecule has 3 fully saturated rings. The van der Waals surface area contributed by atoms with Crippen molar-refractivity contribution in [3.05, 3.63) is 29.8 Å². The molecule has 1 aliphatic carbocycles. The van der Waals surface area contributed by atoms with Crippen molar-refractivity contribution in [3.8, 4) is 5.75 Å². The Kier molecular flexibility index (Phi) is 8.08. The van der Waals surface area contributed by atoms with Crippen LogP contribution in [0.1, 0.15) is 83.7 Å². The number of benzene rings is 1. The van der Waals surface area contributed by atoms with E-state index in [2.05, 4.69) is 10.2 Å². The van der Waals surface area contributed by atoms with Gasteiger partial charge in [0.25, 0.3) is 0 Å². The minimum Gasteiger partial charge on any atom is -0.493 e. The molecule has 4 aliphatic rings. The zero-order valence-corrected chi connectivity index (χ0v) is 23.6. The van der Waals surface area contributed by atoms with Gasteiger partial charge in [0.2, 0.25) is 11.8 Å². The number of hydrogen-bond acceptors (Lipinski definition) is 5. The first kappa shape index (κ1) is 27.7. The number of carboxylic acid groups (broad SMARTS) is 1. The highest BCUT2D eigenvalue weighted by Gasteiger charge is 2.49. The number of carbonyl (C=O) groups is 3. The summed E-state index contributed by atoms with van der Waals surface area (Å²) in [5.41, 5.74) is 0.206. The highest BCUT2D eigenvalue weighted by molar-refractivity contribution is 5.92. The van der Waals surface area contributed by atoms with E-state index in [0.29, 0.717) is 26.1 Å². The van der Waals surface area contributed by atoms with Crippen molar-refractivity contribution >= 4 is 17.9 Å². The highest BCUT2D eigenvalue weighted by atomic mass is 16.5. The summed E-state index contributed by atoms with van der Waals surface area (Å²) < 4.78 is 5.79. The molecule has 9 nitrogen and oxygen atoms in total. The molecule has 3 heterocycles. The van der Waals surface area contributed by atoms with Crippen molar-refractivity contribution < 1.29 is 24.2 Å². The molecule has 0 unspecified atom stereocenters. The molecule has 39 heavy (non-hydrogen) atoms. The maximum absolute atomic E-state index is 14.6. The van der Waals surface area contributed by atoms with Crippen molar-refractivity contribution in [1.82, 2.24) is 20.0 Å². The van der Waals surface area contributed by atoms with Gasteiger partial charge in [0.05, 0.1) is 12.6 Å². The van der Waals surface area contributed by atoms with Gasteiger partial charge in [0.1, 0.15) is 17.8 Å². The van der Waals surface area contributed by atoms with E-state index in [0.717, 1.165) is 62.8 Å². The lowest BCUT2D eigenvalue weighted by atomic mass is 9.81. The molecule has 9 heteroatoms. The third-order valence-corrected chi connectivity index (χ3v) is 9.11. The molecule has 2 saturated heterocycles. The molecule has 0 radical (unpaired) electrons. The molecule has 214 valence electrons. The number of piperazine rings is 1. The molecule has 2 N–H and O–H groups in total. The molecule has 1 aromatic carbocycles. The first-order chi connectivity index (χ1) is 18.6. The molecular weight excluding hydrogens is 496 g/mol. The second-order valence-corrected chi connectivity index (χ2v) is 12.7. The van der Waals surface area contributed by atoms with Crippen LogP contribution in [0.15, 0.2) is 24.3 Å². The number of hydrogen-bond donors (Lipinski definition) is 2. The predicted molar refractivity (Wildman–Crippen MR) is 148 cm³/mol. The van der Waals surface area contributed by atoms with Crippen molar-refractivity contribution in [3.63, 3.8) is 0 Å². The van der Waals surface area contributed by atoms with Crippen LogP contribution in [0.25, 0.3) is 0 Å². The number of nitrogens with zero attached hydrogens (tertiary/aromatic N) is 3. The average molecular weight is 541 g/mol. The average Bonchev–Trinajstić information content (AvgIpc) is 3.38. The Morgan fingerprint density at radius 2 is 1.77 bits per heavy atom. The van der Waals surface area contributed by atoms with E-state index in [1.54, 1.807) is 4.90 Å². The van der Waals surface area contributed by atoms with Crippen LogP contribution in [0.3, 0.4) is 0 Å². The van der Waals surface area contributed by atoms with Gasteiger partial charge in [-0.05, 0) is 65.0 Å². The van der Waals surface area contributed by atoms with Gasteiger partial charge in [-0.3, -0.25) is 19.4 Å². The Hall–Kier alpha value is -2.81. The number of amides is 3. The van der Waals surface area contributed by atoms with Crippen LogP contribution in [0.2, 0.25) is 0 Å². The summed E-state index contributed by atoms with van der Waals surface area (Å²) in [5.74, 6) is 0.355. The van der Waals surface area contributed by atoms with Gasteiger partial charge < -0.3 is 20.1 Å². The standard InChI is InChI=1S/C30H44N4O5/c1-30(2,3)34(29(37)38)26(20-10-5-4-6-11-20)28(36)33-18-21-12-9-16-32(21)19-24(33)27(35)31-23-15-17-39-25-14-8-7-13-22(23)25/h7-8,13-14,20-21,23-24,26H,4-6,9-12,15-19H2,1-3H3,(H,31,35)(H,37,38)/t21-,23+,24-,26-/m0/s1. The molecule has 1 aromatic rings. The lowest BCUT2D eigenvalue weighted by Crippen LogP contribution is -2.68. The lowest BCUT2D eigenvalue weighted by Gasteiger charge is -2.49. The monoisotopic (exact) mass is 540 g/mol. The molecule has 0 spiro atoms. The zero-order valence-electron chi connectivity index (χ0n) is 23.6. The fourth-order valence-electron chi connectivity index (χ4n) is 7.21. The first-order valence-electron chi connectivity index (χ1n) is 14.7. The molecule has 3 aliphatic heterocycles. The van der Waals surface area contributed by atoms with Crippen LogP contribution < -0.4 is 10.1 Å². The van der Waals surface area contributed by atoms with E-state index in [4.69, 9.17) is 4.74 Å². The number of rotatable bonds is 5. The maximum atomic E-state index is 14.6. The fourth-order valence-corrected chi connectivity index (χ4v) is 7.21. The fraction of sp³-hybridized carbons (Fsp3) is 0.700. The van der Waals surface area contributed by atoms with Gasteiger partial charge in [0.15, 0.2) is 0 Å². The van der Waals surface area contributed by atoms with E-state index in [1.807, 2.05) is 45.0 Å². The zero-order chi connectivity index (χ0) is 27.7. The van der Waals surface area contributed by atoms with Gasteiger partial charge in [-0.25, -0.2) is 4.79 Å². The first-order valence-corrected chi connectivity index (χ1v) is 14.7. The Morgan fingerprint density at radius 1 is 1.03 bits per heavy atom. The largest absolute Gasteiger partial charge is 0.493 e. The molecule has 5 rings (SSSR count). The van der Waals surface area contributed by atoms with Gasteiger partial charge in [-0.15, -0.1) is 0 Å². The van der Waals surface area contributed by atoms with Crippen LogP contribution >= 0.6 is 0 Å². The summed E-state index contributed by atoms with van der Waals surface area (Å²) in [6.07, 6.45) is 6.38. The minimum absolute atomic E-state index is 0.0470. The normalized spacial score (nSPS) is 26.6. The quantitative estimate of drug-likeness (QED) is 0.585. The number of nitrogens with one attached hydrogen (secondary N) is 1. The van der Waals surface area contributed by atoms with E-state index in [-0.39, 0.29) is 29.8 Å². The molecule has 1 saturated carbocycles. The Bertz CT molecular complexity index is 1070. The van der Waals surface area contributed by atoms with Crippen LogP contribution in [-0.2, 0) is 9.59 Å². The van der Waals surface area contributed by atoms with Crippen LogP contribution in [0.4, 0.5) is 4.79 Å². The molecule has 0 bridgehead atoms. The van der Waals surface area contributed by atoms with Gasteiger partial charge in [-0.1, -0.05) is 37.5 Å². The third kappa shape index (κ3) is 5.74. The van der Waals surface area contributed by atoms with E-state index in [1.165, 1.54) is 4.90 Å². The number of carbonyl (C=O) groups excluding carboxylic acids is 2. The molecule has 3 amide bonds. The second-order valence-electron chi connectivity index (χ2n) is 12.7. The van der Waals surface area contributed by atoms with Gasteiger partial charge in [0, 0.05) is 36.7 Å². The van der Waals surface area contributed by atoms with E-state index < -0.39 is 23.7 Å². The number of fused-ring (bicyclic) bond motifs is 2. The third-order valence-electron chi connectivity index (χ3n) is 9.11. The predicted octanol–water partition coefficient (Wildman–Crippen LogP) is 4.03. The van der Waals surface area contributed by atoms with Gasteiger partial charge >= 0.3 is 6.09 Å². The summed E-state index contributed by atoms with van der Waals surface area (Å²) in [5, 5.41) is 13.6. The lowest BCUT2D eigenvalue weighted by molar-refractivity contribution is -0.152. The molecule has 0 aromatic heterocycles. The minimum atomic E-state index is -1.08. The second kappa shape index (κ2) is 11.4. The molecular formula is C30H44N4O5. The Morgan fingerprint density at radius 3 is 2.49 bits per heavy atom. The van der Waals surface area contributed by atoms with Crippen molar-refractivity contribution in [2.45, 2.75) is 102 Å². The summed E-state index contributed by atoms with van der Waals surface area (Å²) in [4.78, 5) is 46.7. The topological polar surface area (TPSA) is 102 Å². The summed E-state index contributed by atoms with van der Waals surface area (Å²) in [6, 6.07) is 6.33.